The Bertz CT molecular complexity index is 296. The van der Waals surface area contributed by atoms with Crippen molar-refractivity contribution in [2.75, 3.05) is 6.54 Å². The molecule has 0 aliphatic heterocycles. The highest BCUT2D eigenvalue weighted by molar-refractivity contribution is 9.10. The molecule has 1 rings (SSSR count). The van der Waals surface area contributed by atoms with Crippen LogP contribution in [0, 0.1) is 12.8 Å². The van der Waals surface area contributed by atoms with E-state index in [-0.39, 0.29) is 0 Å². The quantitative estimate of drug-likeness (QED) is 0.878. The predicted octanol–water partition coefficient (Wildman–Crippen LogP) is 3.28. The lowest BCUT2D eigenvalue weighted by molar-refractivity contribution is 0.537. The second kappa shape index (κ2) is 5.52. The number of hydrogen-bond acceptors (Lipinski definition) is 1. The Morgan fingerprint density at radius 2 is 2.14 bits per heavy atom. The first-order valence-corrected chi connectivity index (χ1v) is 5.88. The van der Waals surface area contributed by atoms with Gasteiger partial charge in [0, 0.05) is 4.47 Å². The molecule has 1 unspecified atom stereocenters. The van der Waals surface area contributed by atoms with Crippen molar-refractivity contribution in [1.82, 2.24) is 0 Å². The number of benzene rings is 1. The first-order chi connectivity index (χ1) is 6.63. The van der Waals surface area contributed by atoms with E-state index in [9.17, 15) is 0 Å². The summed E-state index contributed by atoms with van der Waals surface area (Å²) < 4.78 is 1.16. The van der Waals surface area contributed by atoms with Crippen molar-refractivity contribution < 1.29 is 0 Å². The second-order valence-electron chi connectivity index (χ2n) is 3.96. The fourth-order valence-corrected chi connectivity index (χ4v) is 2.03. The number of halogens is 1. The average Bonchev–Trinajstić information content (AvgIpc) is 2.12. The van der Waals surface area contributed by atoms with Crippen LogP contribution in [0.2, 0.25) is 0 Å². The lowest BCUT2D eigenvalue weighted by atomic mass is 9.95. The van der Waals surface area contributed by atoms with Crippen molar-refractivity contribution in [3.63, 3.8) is 0 Å². The van der Waals surface area contributed by atoms with Crippen LogP contribution in [-0.2, 0) is 6.42 Å². The Labute approximate surface area is 94.8 Å². The number of hydrogen-bond donors (Lipinski definition) is 1. The van der Waals surface area contributed by atoms with Gasteiger partial charge in [-0.25, -0.2) is 0 Å². The minimum Gasteiger partial charge on any atom is -0.330 e. The minimum atomic E-state index is 0.674. The monoisotopic (exact) mass is 255 g/mol. The Morgan fingerprint density at radius 3 is 2.79 bits per heavy atom. The van der Waals surface area contributed by atoms with Gasteiger partial charge in [-0.15, -0.1) is 0 Å². The standard InChI is InChI=1S/C12H18BrN/c1-9(5-6-14)7-11-8-12(13)4-3-10(11)2/h3-4,8-9H,5-7,14H2,1-2H3. The highest BCUT2D eigenvalue weighted by Gasteiger charge is 2.05. The third-order valence-corrected chi connectivity index (χ3v) is 3.03. The van der Waals surface area contributed by atoms with Crippen LogP contribution in [0.5, 0.6) is 0 Å². The van der Waals surface area contributed by atoms with Crippen LogP contribution in [0.3, 0.4) is 0 Å². The molecular formula is C12H18BrN. The SMILES string of the molecule is Cc1ccc(Br)cc1CC(C)CCN. The van der Waals surface area contributed by atoms with Crippen LogP contribution >= 0.6 is 15.9 Å². The third kappa shape index (κ3) is 3.43. The van der Waals surface area contributed by atoms with E-state index in [2.05, 4.69) is 48.0 Å². The van der Waals surface area contributed by atoms with Gasteiger partial charge in [-0.05, 0) is 55.5 Å². The molecule has 78 valence electrons. The zero-order chi connectivity index (χ0) is 10.6. The molecule has 0 aliphatic carbocycles. The first-order valence-electron chi connectivity index (χ1n) is 5.08. The maximum atomic E-state index is 5.54. The molecule has 1 atom stereocenters. The molecule has 0 heterocycles. The normalized spacial score (nSPS) is 12.9. The predicted molar refractivity (Wildman–Crippen MR) is 65.4 cm³/mol. The van der Waals surface area contributed by atoms with Gasteiger partial charge in [0.05, 0.1) is 0 Å². The van der Waals surface area contributed by atoms with Crippen LogP contribution in [0.1, 0.15) is 24.5 Å². The van der Waals surface area contributed by atoms with E-state index in [0.717, 1.165) is 23.9 Å². The summed E-state index contributed by atoms with van der Waals surface area (Å²) in [4.78, 5) is 0. The van der Waals surface area contributed by atoms with E-state index in [1.54, 1.807) is 0 Å². The van der Waals surface area contributed by atoms with Crippen LogP contribution in [-0.4, -0.2) is 6.54 Å². The van der Waals surface area contributed by atoms with E-state index in [1.807, 2.05) is 0 Å². The van der Waals surface area contributed by atoms with Crippen LogP contribution in [0.15, 0.2) is 22.7 Å². The molecule has 0 saturated heterocycles. The van der Waals surface area contributed by atoms with Gasteiger partial charge in [-0.1, -0.05) is 28.9 Å². The number of aryl methyl sites for hydroxylation is 1. The minimum absolute atomic E-state index is 0.674. The van der Waals surface area contributed by atoms with Gasteiger partial charge >= 0.3 is 0 Å². The molecule has 0 aliphatic rings. The molecule has 1 nitrogen and oxygen atoms in total. The smallest absolute Gasteiger partial charge is 0.0178 e. The highest BCUT2D eigenvalue weighted by Crippen LogP contribution is 2.19. The molecule has 1 aromatic rings. The Morgan fingerprint density at radius 1 is 1.43 bits per heavy atom. The van der Waals surface area contributed by atoms with Crippen molar-refractivity contribution in [2.24, 2.45) is 11.7 Å². The van der Waals surface area contributed by atoms with E-state index < -0.39 is 0 Å². The van der Waals surface area contributed by atoms with Crippen molar-refractivity contribution >= 4 is 15.9 Å². The van der Waals surface area contributed by atoms with Crippen molar-refractivity contribution in [2.45, 2.75) is 26.7 Å². The van der Waals surface area contributed by atoms with Gasteiger partial charge < -0.3 is 5.73 Å². The summed E-state index contributed by atoms with van der Waals surface area (Å²) in [6.07, 6.45) is 2.23. The molecule has 0 saturated carbocycles. The summed E-state index contributed by atoms with van der Waals surface area (Å²) in [5, 5.41) is 0. The summed E-state index contributed by atoms with van der Waals surface area (Å²) in [5.41, 5.74) is 8.34. The van der Waals surface area contributed by atoms with Gasteiger partial charge in [-0.2, -0.15) is 0 Å². The van der Waals surface area contributed by atoms with Gasteiger partial charge in [0.1, 0.15) is 0 Å². The topological polar surface area (TPSA) is 26.0 Å². The van der Waals surface area contributed by atoms with E-state index >= 15 is 0 Å². The van der Waals surface area contributed by atoms with Crippen LogP contribution in [0.25, 0.3) is 0 Å². The van der Waals surface area contributed by atoms with E-state index in [0.29, 0.717) is 5.92 Å². The summed E-state index contributed by atoms with van der Waals surface area (Å²) in [6.45, 7) is 5.21. The number of rotatable bonds is 4. The molecule has 1 aromatic carbocycles. The van der Waals surface area contributed by atoms with Gasteiger partial charge in [0.15, 0.2) is 0 Å². The molecule has 0 radical (unpaired) electrons. The zero-order valence-electron chi connectivity index (χ0n) is 8.89. The molecule has 0 fully saturated rings. The molecule has 0 aromatic heterocycles. The van der Waals surface area contributed by atoms with Crippen molar-refractivity contribution in [3.05, 3.63) is 33.8 Å². The van der Waals surface area contributed by atoms with E-state index in [4.69, 9.17) is 5.73 Å². The van der Waals surface area contributed by atoms with Crippen LogP contribution in [0.4, 0.5) is 0 Å². The Hall–Kier alpha value is -0.340. The number of nitrogens with two attached hydrogens (primary N) is 1. The van der Waals surface area contributed by atoms with Crippen LogP contribution < -0.4 is 5.73 Å². The molecule has 2 heteroatoms. The fraction of sp³-hybridized carbons (Fsp3) is 0.500. The van der Waals surface area contributed by atoms with Crippen molar-refractivity contribution in [3.8, 4) is 0 Å². The van der Waals surface area contributed by atoms with Gasteiger partial charge in [0.25, 0.3) is 0 Å². The zero-order valence-corrected chi connectivity index (χ0v) is 10.5. The largest absolute Gasteiger partial charge is 0.330 e. The summed E-state index contributed by atoms with van der Waals surface area (Å²) in [5.74, 6) is 0.674. The lowest BCUT2D eigenvalue weighted by Crippen LogP contribution is -2.08. The molecule has 0 spiro atoms. The molecule has 0 amide bonds. The molecule has 14 heavy (non-hydrogen) atoms. The molecule has 0 bridgehead atoms. The summed E-state index contributed by atoms with van der Waals surface area (Å²) >= 11 is 3.50. The fourth-order valence-electron chi connectivity index (χ4n) is 1.62. The Kier molecular flexibility index (Phi) is 4.63. The molecule has 2 N–H and O–H groups in total. The van der Waals surface area contributed by atoms with E-state index in [1.165, 1.54) is 11.1 Å². The first kappa shape index (κ1) is 11.7. The maximum Gasteiger partial charge on any atom is 0.0178 e. The van der Waals surface area contributed by atoms with Gasteiger partial charge in [-0.3, -0.25) is 0 Å². The lowest BCUT2D eigenvalue weighted by Gasteiger charge is -2.12. The third-order valence-electron chi connectivity index (χ3n) is 2.54. The molecular weight excluding hydrogens is 238 g/mol. The van der Waals surface area contributed by atoms with Crippen molar-refractivity contribution in [1.29, 1.82) is 0 Å². The second-order valence-corrected chi connectivity index (χ2v) is 4.87. The maximum absolute atomic E-state index is 5.54. The Balaban J connectivity index is 2.70. The summed E-state index contributed by atoms with van der Waals surface area (Å²) in [6, 6.07) is 6.46. The summed E-state index contributed by atoms with van der Waals surface area (Å²) in [7, 11) is 0. The highest BCUT2D eigenvalue weighted by atomic mass is 79.9. The average molecular weight is 256 g/mol. The van der Waals surface area contributed by atoms with Gasteiger partial charge in [0.2, 0.25) is 0 Å².